The number of benzene rings is 2. The number of halogens is 1. The Morgan fingerprint density at radius 2 is 1.86 bits per heavy atom. The zero-order valence-corrected chi connectivity index (χ0v) is 25.7. The third-order valence-electron chi connectivity index (χ3n) is 8.41. The number of rotatable bonds is 10. The van der Waals surface area contributed by atoms with Crippen molar-refractivity contribution < 1.29 is 18.3 Å². The van der Waals surface area contributed by atoms with Crippen molar-refractivity contribution in [2.75, 3.05) is 36.5 Å². The van der Waals surface area contributed by atoms with Crippen LogP contribution in [0.5, 0.6) is 0 Å². The first-order valence-electron chi connectivity index (χ1n) is 15.3. The second kappa shape index (κ2) is 14.0. The van der Waals surface area contributed by atoms with E-state index in [1.54, 1.807) is 37.3 Å². The van der Waals surface area contributed by atoms with Gasteiger partial charge < -0.3 is 19.4 Å². The van der Waals surface area contributed by atoms with E-state index in [0.29, 0.717) is 77.4 Å². The van der Waals surface area contributed by atoms with Crippen LogP contribution in [0, 0.1) is 11.7 Å². The van der Waals surface area contributed by atoms with Crippen molar-refractivity contribution in [1.29, 1.82) is 0 Å². The van der Waals surface area contributed by atoms with Gasteiger partial charge in [0.25, 0.3) is 0 Å². The fourth-order valence-corrected chi connectivity index (χ4v) is 6.00. The third-order valence-corrected chi connectivity index (χ3v) is 8.41. The number of allylic oxidation sites excluding steroid dienone is 4. The molecule has 8 heteroatoms. The van der Waals surface area contributed by atoms with Crippen LogP contribution in [-0.2, 0) is 9.53 Å². The minimum Gasteiger partial charge on any atom is -0.440 e. The minimum absolute atomic E-state index is 0.0827. The molecule has 0 unspecified atom stereocenters. The number of nitrogens with one attached hydrogen (secondary N) is 1. The van der Waals surface area contributed by atoms with Crippen LogP contribution in [0.1, 0.15) is 52.9 Å². The highest BCUT2D eigenvalue weighted by Gasteiger charge is 2.20. The summed E-state index contributed by atoms with van der Waals surface area (Å²) >= 11 is 0. The first-order valence-corrected chi connectivity index (χ1v) is 15.3. The summed E-state index contributed by atoms with van der Waals surface area (Å²) < 4.78 is 27.2. The van der Waals surface area contributed by atoms with Gasteiger partial charge in [-0.15, -0.1) is 0 Å². The summed E-state index contributed by atoms with van der Waals surface area (Å²) in [6.07, 6.45) is 9.47. The molecule has 2 aliphatic rings. The predicted octanol–water partition coefficient (Wildman–Crippen LogP) is 7.82. The van der Waals surface area contributed by atoms with E-state index in [1.165, 1.54) is 37.8 Å². The van der Waals surface area contributed by atoms with E-state index < -0.39 is 5.82 Å². The maximum Gasteiger partial charge on any atom is 0.200 e. The molecule has 7 nitrogen and oxygen atoms in total. The Morgan fingerprint density at radius 3 is 2.55 bits per heavy atom. The lowest BCUT2D eigenvalue weighted by Gasteiger charge is -2.27. The highest BCUT2D eigenvalue weighted by atomic mass is 19.1. The van der Waals surface area contributed by atoms with Crippen LogP contribution < -0.4 is 15.6 Å². The van der Waals surface area contributed by atoms with E-state index in [9.17, 15) is 9.59 Å². The SMILES string of the molecule is C=C(\N=C(C)/C(=C\C)/C=C(\CC1CCCC1)C(C)=O)Nc1ccc(-c2cccc3c(=O)cc(N4CCOCC4)oc23)c(F)c1. The molecule has 44 heavy (non-hydrogen) atoms. The number of carbonyl (C=O) groups excluding carboxylic acids is 1. The van der Waals surface area contributed by atoms with E-state index in [0.717, 1.165) is 17.6 Å². The summed E-state index contributed by atoms with van der Waals surface area (Å²) in [6, 6.07) is 11.4. The van der Waals surface area contributed by atoms with Crippen LogP contribution >= 0.6 is 0 Å². The summed E-state index contributed by atoms with van der Waals surface area (Å²) in [5.41, 5.74) is 3.83. The van der Waals surface area contributed by atoms with Gasteiger partial charge in [0.2, 0.25) is 0 Å². The molecule has 0 amide bonds. The molecular weight excluding hydrogens is 557 g/mol. The standard InChI is InChI=1S/C36H40FN3O4/c1-5-27(20-28(24(3)41)19-26-9-6-7-10-26)23(2)38-25(4)39-29-13-14-30(33(37)21-29)31-11-8-12-32-34(42)22-35(44-36(31)32)40-15-17-43-18-16-40/h5,8,11-14,20-22,26,39H,4,6-7,9-10,15-19H2,1-3H3/b27-5-,28-20+,38-23-. The summed E-state index contributed by atoms with van der Waals surface area (Å²) in [5.74, 6) is 0.955. The molecule has 2 fully saturated rings. The van der Waals surface area contributed by atoms with Crippen LogP contribution in [0.4, 0.5) is 16.0 Å². The van der Waals surface area contributed by atoms with Gasteiger partial charge in [-0.2, -0.15) is 0 Å². The molecule has 1 N–H and O–H groups in total. The number of fused-ring (bicyclic) bond motifs is 1. The number of hydrogen-bond donors (Lipinski definition) is 1. The predicted molar refractivity (Wildman–Crippen MR) is 176 cm³/mol. The van der Waals surface area contributed by atoms with Gasteiger partial charge in [-0.25, -0.2) is 9.38 Å². The second-order valence-corrected chi connectivity index (χ2v) is 11.5. The van der Waals surface area contributed by atoms with Crippen molar-refractivity contribution >= 4 is 34.0 Å². The molecule has 0 atom stereocenters. The van der Waals surface area contributed by atoms with Crippen molar-refractivity contribution in [1.82, 2.24) is 0 Å². The van der Waals surface area contributed by atoms with Crippen molar-refractivity contribution in [3.8, 4) is 11.1 Å². The van der Waals surface area contributed by atoms with Crippen LogP contribution in [0.2, 0.25) is 0 Å². The molecule has 1 saturated carbocycles. The smallest absolute Gasteiger partial charge is 0.200 e. The number of anilines is 2. The van der Waals surface area contributed by atoms with Gasteiger partial charge in [-0.1, -0.05) is 50.5 Å². The summed E-state index contributed by atoms with van der Waals surface area (Å²) in [5, 5.41) is 3.47. The molecule has 2 aromatic carbocycles. The molecule has 230 valence electrons. The monoisotopic (exact) mass is 597 g/mol. The Hall–Kier alpha value is -4.30. The van der Waals surface area contributed by atoms with Crippen LogP contribution in [0.25, 0.3) is 22.1 Å². The molecule has 0 bridgehead atoms. The summed E-state index contributed by atoms with van der Waals surface area (Å²) in [4.78, 5) is 31.9. The number of ether oxygens (including phenoxy) is 1. The van der Waals surface area contributed by atoms with Gasteiger partial charge >= 0.3 is 0 Å². The van der Waals surface area contributed by atoms with Gasteiger partial charge in [-0.05, 0) is 74.6 Å². The Balaban J connectivity index is 1.35. The quantitative estimate of drug-likeness (QED) is 0.146. The first-order chi connectivity index (χ1) is 21.2. The van der Waals surface area contributed by atoms with Gasteiger partial charge in [-0.3, -0.25) is 9.59 Å². The Morgan fingerprint density at radius 1 is 1.11 bits per heavy atom. The van der Waals surface area contributed by atoms with E-state index >= 15 is 4.39 Å². The molecule has 0 radical (unpaired) electrons. The van der Waals surface area contributed by atoms with Crippen LogP contribution in [0.15, 0.2) is 92.4 Å². The van der Waals surface area contributed by atoms with Gasteiger partial charge in [0.05, 0.1) is 18.6 Å². The highest BCUT2D eigenvalue weighted by Crippen LogP contribution is 2.34. The van der Waals surface area contributed by atoms with Gasteiger partial charge in [0, 0.05) is 41.7 Å². The Bertz CT molecular complexity index is 1710. The molecule has 1 saturated heterocycles. The number of para-hydroxylation sites is 1. The normalized spacial score (nSPS) is 16.9. The highest BCUT2D eigenvalue weighted by molar-refractivity contribution is 6.04. The molecule has 5 rings (SSSR count). The van der Waals surface area contributed by atoms with Crippen molar-refractivity contribution in [2.45, 2.75) is 52.9 Å². The number of carbonyl (C=O) groups is 1. The fourth-order valence-electron chi connectivity index (χ4n) is 6.00. The van der Waals surface area contributed by atoms with Crippen LogP contribution in [-0.4, -0.2) is 37.8 Å². The summed E-state index contributed by atoms with van der Waals surface area (Å²) in [6.45, 7) is 11.8. The van der Waals surface area contributed by atoms with Crippen LogP contribution in [0.3, 0.4) is 0 Å². The van der Waals surface area contributed by atoms with Crippen molar-refractivity contribution in [2.24, 2.45) is 10.9 Å². The maximum absolute atomic E-state index is 15.6. The molecule has 0 spiro atoms. The van der Waals surface area contributed by atoms with Crippen molar-refractivity contribution in [3.63, 3.8) is 0 Å². The fraction of sp³-hybridized carbons (Fsp3) is 0.361. The average molecular weight is 598 g/mol. The number of hydrogen-bond acceptors (Lipinski definition) is 7. The Kier molecular flexibility index (Phi) is 9.90. The molecule has 1 aliphatic heterocycles. The molecule has 1 aliphatic carbocycles. The number of ketones is 1. The number of nitrogens with zero attached hydrogens (tertiary/aromatic N) is 2. The largest absolute Gasteiger partial charge is 0.440 e. The zero-order valence-electron chi connectivity index (χ0n) is 25.7. The average Bonchev–Trinajstić information content (AvgIpc) is 3.52. The summed E-state index contributed by atoms with van der Waals surface area (Å²) in [7, 11) is 0. The molecule has 1 aromatic heterocycles. The third kappa shape index (κ3) is 7.25. The first kappa shape index (κ1) is 31.1. The van der Waals surface area contributed by atoms with E-state index in [-0.39, 0.29) is 11.2 Å². The lowest BCUT2D eigenvalue weighted by Crippen LogP contribution is -2.36. The van der Waals surface area contributed by atoms with Gasteiger partial charge in [0.1, 0.15) is 17.2 Å². The topological polar surface area (TPSA) is 84.1 Å². The van der Waals surface area contributed by atoms with E-state index in [1.807, 2.05) is 30.9 Å². The number of aliphatic imine (C=N–C) groups is 1. The Labute approximate surface area is 257 Å². The molecule has 3 aromatic rings. The minimum atomic E-state index is -0.481. The van der Waals surface area contributed by atoms with Crippen molar-refractivity contribution in [3.05, 3.63) is 94.2 Å². The van der Waals surface area contributed by atoms with E-state index in [2.05, 4.69) is 16.9 Å². The lowest BCUT2D eigenvalue weighted by atomic mass is 9.93. The lowest BCUT2D eigenvalue weighted by molar-refractivity contribution is -0.113. The molecular formula is C36H40FN3O4. The maximum atomic E-state index is 15.6. The molecule has 2 heterocycles. The van der Waals surface area contributed by atoms with E-state index in [4.69, 9.17) is 9.15 Å². The number of morpholine rings is 1. The zero-order chi connectivity index (χ0) is 31.2. The van der Waals surface area contributed by atoms with Gasteiger partial charge in [0.15, 0.2) is 17.1 Å². The number of Topliss-reactive ketones (excluding diaryl/α,β-unsaturated/α-hetero) is 1. The second-order valence-electron chi connectivity index (χ2n) is 11.5.